The number of rotatable bonds is 3. The Hall–Kier alpha value is -2.24. The Labute approximate surface area is 111 Å². The second-order valence-electron chi connectivity index (χ2n) is 4.47. The highest BCUT2D eigenvalue weighted by Crippen LogP contribution is 2.34. The van der Waals surface area contributed by atoms with Gasteiger partial charge in [-0.3, -0.25) is 9.59 Å². The van der Waals surface area contributed by atoms with Crippen molar-refractivity contribution in [3.63, 3.8) is 0 Å². The number of ether oxygens (including phenoxy) is 2. The van der Waals surface area contributed by atoms with Gasteiger partial charge in [0.25, 0.3) is 0 Å². The minimum absolute atomic E-state index is 0.234. The number of carbonyl (C=O) groups excluding carboxylic acids is 2. The number of nitrogens with two attached hydrogens (primary N) is 1. The van der Waals surface area contributed by atoms with Crippen molar-refractivity contribution in [1.82, 2.24) is 4.90 Å². The van der Waals surface area contributed by atoms with Gasteiger partial charge in [-0.05, 0) is 36.6 Å². The number of fused-ring (bicyclic) bond motifs is 1. The summed E-state index contributed by atoms with van der Waals surface area (Å²) in [5.74, 6) is -0.171. The van der Waals surface area contributed by atoms with Crippen LogP contribution >= 0.6 is 0 Å². The molecule has 1 aromatic rings. The van der Waals surface area contributed by atoms with Crippen LogP contribution in [0.1, 0.15) is 11.1 Å². The number of likely N-dealkylation sites (N-methyl/N-ethyl adjacent to an activating group) is 1. The van der Waals surface area contributed by atoms with Crippen molar-refractivity contribution in [3.05, 3.63) is 23.3 Å². The number of nitrogens with zero attached hydrogens (tertiary/aromatic N) is 1. The summed E-state index contributed by atoms with van der Waals surface area (Å²) in [6.45, 7) is 2.62. The largest absolute Gasteiger partial charge is 0.454 e. The first kappa shape index (κ1) is 13.2. The summed E-state index contributed by atoms with van der Waals surface area (Å²) in [7, 11) is 1.55. The molecule has 0 unspecified atom stereocenters. The number of amides is 2. The molecule has 1 aliphatic rings. The molecule has 0 saturated carbocycles. The zero-order chi connectivity index (χ0) is 14.0. The van der Waals surface area contributed by atoms with Crippen LogP contribution in [0.4, 0.5) is 0 Å². The fourth-order valence-corrected chi connectivity index (χ4v) is 1.93. The van der Waals surface area contributed by atoms with Crippen LogP contribution in [0.15, 0.2) is 12.1 Å². The number of carbonyl (C=O) groups is 2. The van der Waals surface area contributed by atoms with E-state index in [1.165, 1.54) is 4.90 Å². The first-order chi connectivity index (χ1) is 8.99. The maximum Gasteiger partial charge on any atom is 0.311 e. The number of hydrogen-bond donors (Lipinski definition) is 1. The van der Waals surface area contributed by atoms with Gasteiger partial charge in [0.15, 0.2) is 11.5 Å². The third kappa shape index (κ3) is 2.78. The number of hydrogen-bond acceptors (Lipinski definition) is 4. The summed E-state index contributed by atoms with van der Waals surface area (Å²) >= 11 is 0. The predicted octanol–water partition coefficient (Wildman–Crippen LogP) is 0.210. The molecule has 1 aromatic carbocycles. The maximum absolute atomic E-state index is 11.3. The highest BCUT2D eigenvalue weighted by molar-refractivity contribution is 6.34. The molecule has 0 atom stereocenters. The molecule has 1 aliphatic heterocycles. The molecule has 1 heterocycles. The predicted molar refractivity (Wildman–Crippen MR) is 67.8 cm³/mol. The van der Waals surface area contributed by atoms with E-state index in [0.717, 1.165) is 16.9 Å². The molecule has 0 bridgehead atoms. The van der Waals surface area contributed by atoms with Crippen molar-refractivity contribution < 1.29 is 19.1 Å². The quantitative estimate of drug-likeness (QED) is 0.791. The van der Waals surface area contributed by atoms with Crippen molar-refractivity contribution >= 4 is 11.8 Å². The van der Waals surface area contributed by atoms with Crippen molar-refractivity contribution in [2.24, 2.45) is 5.73 Å². The summed E-state index contributed by atoms with van der Waals surface area (Å²) in [6, 6.07) is 3.81. The van der Waals surface area contributed by atoms with E-state index < -0.39 is 11.8 Å². The Kier molecular flexibility index (Phi) is 3.59. The van der Waals surface area contributed by atoms with Crippen molar-refractivity contribution in [1.29, 1.82) is 0 Å². The Bertz CT molecular complexity index is 528. The van der Waals surface area contributed by atoms with E-state index in [0.29, 0.717) is 18.7 Å². The molecule has 102 valence electrons. The second kappa shape index (κ2) is 5.17. The van der Waals surface area contributed by atoms with Crippen LogP contribution in [0.25, 0.3) is 0 Å². The minimum atomic E-state index is -0.940. The topological polar surface area (TPSA) is 81.9 Å². The third-order valence-electron chi connectivity index (χ3n) is 3.11. The molecule has 0 fully saturated rings. The normalized spacial score (nSPS) is 12.3. The van der Waals surface area contributed by atoms with Crippen molar-refractivity contribution in [3.8, 4) is 11.5 Å². The monoisotopic (exact) mass is 264 g/mol. The summed E-state index contributed by atoms with van der Waals surface area (Å²) in [6.07, 6.45) is 0.623. The fraction of sp³-hybridized carbons (Fsp3) is 0.385. The molecule has 19 heavy (non-hydrogen) atoms. The van der Waals surface area contributed by atoms with E-state index in [1.807, 2.05) is 19.1 Å². The van der Waals surface area contributed by atoms with Crippen molar-refractivity contribution in [2.75, 3.05) is 20.4 Å². The first-order valence-electron chi connectivity index (χ1n) is 5.93. The summed E-state index contributed by atoms with van der Waals surface area (Å²) in [5.41, 5.74) is 7.05. The maximum atomic E-state index is 11.3. The zero-order valence-electron chi connectivity index (χ0n) is 10.9. The number of aryl methyl sites for hydroxylation is 1. The van der Waals surface area contributed by atoms with E-state index >= 15 is 0 Å². The van der Waals surface area contributed by atoms with Crippen LogP contribution in [0.3, 0.4) is 0 Å². The average molecular weight is 264 g/mol. The van der Waals surface area contributed by atoms with E-state index in [9.17, 15) is 9.59 Å². The van der Waals surface area contributed by atoms with Crippen LogP contribution in [0, 0.1) is 6.92 Å². The van der Waals surface area contributed by atoms with Gasteiger partial charge in [-0.2, -0.15) is 0 Å². The second-order valence-corrected chi connectivity index (χ2v) is 4.47. The number of benzene rings is 1. The molecule has 0 aliphatic carbocycles. The minimum Gasteiger partial charge on any atom is -0.454 e. The van der Waals surface area contributed by atoms with Crippen LogP contribution in [0.5, 0.6) is 11.5 Å². The van der Waals surface area contributed by atoms with Crippen molar-refractivity contribution in [2.45, 2.75) is 13.3 Å². The molecule has 2 N–H and O–H groups in total. The van der Waals surface area contributed by atoms with Gasteiger partial charge >= 0.3 is 11.8 Å². The lowest BCUT2D eigenvalue weighted by atomic mass is 10.0. The van der Waals surface area contributed by atoms with E-state index in [-0.39, 0.29) is 6.79 Å². The first-order valence-corrected chi connectivity index (χ1v) is 5.93. The van der Waals surface area contributed by atoms with Gasteiger partial charge in [-0.15, -0.1) is 0 Å². The Morgan fingerprint density at radius 2 is 1.95 bits per heavy atom. The third-order valence-corrected chi connectivity index (χ3v) is 3.11. The van der Waals surface area contributed by atoms with Crippen LogP contribution in [-0.2, 0) is 16.0 Å². The molecule has 0 aromatic heterocycles. The van der Waals surface area contributed by atoms with Gasteiger partial charge in [0.1, 0.15) is 0 Å². The Morgan fingerprint density at radius 3 is 2.58 bits per heavy atom. The lowest BCUT2D eigenvalue weighted by Crippen LogP contribution is -2.38. The molecule has 0 saturated heterocycles. The average Bonchev–Trinajstić information content (AvgIpc) is 2.81. The molecule has 6 heteroatoms. The standard InChI is InChI=1S/C13H16N2O4/c1-8-5-10-11(19-7-18-10)6-9(8)3-4-15(2)13(17)12(14)16/h5-6H,3-4,7H2,1-2H3,(H2,14,16). The lowest BCUT2D eigenvalue weighted by molar-refractivity contribution is -0.143. The van der Waals surface area contributed by atoms with E-state index in [2.05, 4.69) is 0 Å². The lowest BCUT2D eigenvalue weighted by Gasteiger charge is -2.16. The van der Waals surface area contributed by atoms with E-state index in [4.69, 9.17) is 15.2 Å². The number of primary amides is 1. The Balaban J connectivity index is 2.04. The highest BCUT2D eigenvalue weighted by atomic mass is 16.7. The van der Waals surface area contributed by atoms with Gasteiger partial charge in [0.05, 0.1) is 0 Å². The fourth-order valence-electron chi connectivity index (χ4n) is 1.93. The van der Waals surface area contributed by atoms with Gasteiger partial charge in [-0.1, -0.05) is 0 Å². The van der Waals surface area contributed by atoms with E-state index in [1.54, 1.807) is 7.05 Å². The summed E-state index contributed by atoms with van der Waals surface area (Å²) in [4.78, 5) is 23.4. The highest BCUT2D eigenvalue weighted by Gasteiger charge is 2.18. The SMILES string of the molecule is Cc1cc2c(cc1CCN(C)C(=O)C(N)=O)OCO2. The van der Waals surface area contributed by atoms with Gasteiger partial charge < -0.3 is 20.1 Å². The molecule has 0 spiro atoms. The zero-order valence-corrected chi connectivity index (χ0v) is 10.9. The molecule has 2 rings (SSSR count). The van der Waals surface area contributed by atoms with Crippen LogP contribution < -0.4 is 15.2 Å². The van der Waals surface area contributed by atoms with Crippen LogP contribution in [-0.4, -0.2) is 37.1 Å². The summed E-state index contributed by atoms with van der Waals surface area (Å²) in [5, 5.41) is 0. The van der Waals surface area contributed by atoms with Gasteiger partial charge in [0, 0.05) is 13.6 Å². The van der Waals surface area contributed by atoms with Gasteiger partial charge in [0.2, 0.25) is 6.79 Å². The molecular weight excluding hydrogens is 248 g/mol. The molecule has 2 amide bonds. The van der Waals surface area contributed by atoms with Crippen LogP contribution in [0.2, 0.25) is 0 Å². The smallest absolute Gasteiger partial charge is 0.311 e. The summed E-state index contributed by atoms with van der Waals surface area (Å²) < 4.78 is 10.6. The molecular formula is C13H16N2O4. The Morgan fingerprint density at radius 1 is 1.32 bits per heavy atom. The molecule has 6 nitrogen and oxygen atoms in total. The molecule has 0 radical (unpaired) electrons. The van der Waals surface area contributed by atoms with Gasteiger partial charge in [-0.25, -0.2) is 0 Å².